The number of halogens is 1. The van der Waals surface area contributed by atoms with Gasteiger partial charge in [0.1, 0.15) is 7.85 Å². The maximum Gasteiger partial charge on any atom is 0.139 e. The first-order valence-corrected chi connectivity index (χ1v) is 5.19. The van der Waals surface area contributed by atoms with Gasteiger partial charge in [0.15, 0.2) is 0 Å². The van der Waals surface area contributed by atoms with Crippen LogP contribution in [0.4, 0.5) is 0 Å². The first-order valence-electron chi connectivity index (χ1n) is 4.81. The van der Waals surface area contributed by atoms with E-state index in [0.717, 1.165) is 5.02 Å². The fourth-order valence-electron chi connectivity index (χ4n) is 0.683. The van der Waals surface area contributed by atoms with Crippen LogP contribution in [-0.2, 0) is 0 Å². The van der Waals surface area contributed by atoms with E-state index in [-0.39, 0.29) is 0 Å². The quantitative estimate of drug-likeness (QED) is 0.476. The molecule has 0 aliphatic rings. The molecule has 5 N–H and O–H groups in total. The molecule has 0 aliphatic carbocycles. The molecule has 0 fully saturated rings. The number of aliphatic hydroxyl groups excluding tert-OH is 3. The largest absolute Gasteiger partial charge is 0.394 e. The van der Waals surface area contributed by atoms with Gasteiger partial charge in [-0.25, -0.2) is 0 Å². The predicted molar refractivity (Wildman–Crippen MR) is 67.8 cm³/mol. The fourth-order valence-corrected chi connectivity index (χ4v) is 0.809. The third-order valence-corrected chi connectivity index (χ3v) is 2.21. The van der Waals surface area contributed by atoms with E-state index in [1.165, 1.54) is 5.46 Å². The normalized spacial score (nSPS) is 10.6. The highest BCUT2D eigenvalue weighted by Gasteiger charge is 2.20. The van der Waals surface area contributed by atoms with Crippen molar-refractivity contribution in [1.29, 1.82) is 0 Å². The van der Waals surface area contributed by atoms with Crippen LogP contribution in [0.15, 0.2) is 24.3 Å². The molecule has 0 saturated heterocycles. The monoisotopic (exact) mass is 245 g/mol. The maximum absolute atomic E-state index is 8.34. The molecule has 0 aliphatic heterocycles. The second-order valence-corrected chi connectivity index (χ2v) is 4.07. The van der Waals surface area contributed by atoms with Crippen LogP contribution in [0, 0.1) is 0 Å². The molecule has 1 rings (SSSR count). The molecule has 0 saturated carbocycles. The van der Waals surface area contributed by atoms with Gasteiger partial charge in [-0.1, -0.05) is 29.2 Å². The molecule has 1 aromatic carbocycles. The Morgan fingerprint density at radius 3 is 1.62 bits per heavy atom. The summed E-state index contributed by atoms with van der Waals surface area (Å²) < 4.78 is 0. The summed E-state index contributed by atoms with van der Waals surface area (Å²) in [5.74, 6) is 0. The molecular weight excluding hydrogens is 228 g/mol. The van der Waals surface area contributed by atoms with Crippen LogP contribution >= 0.6 is 11.6 Å². The van der Waals surface area contributed by atoms with Crippen molar-refractivity contribution in [3.8, 4) is 0 Å². The first-order chi connectivity index (χ1) is 7.47. The van der Waals surface area contributed by atoms with E-state index < -0.39 is 25.4 Å². The number of rotatable bonds is 3. The van der Waals surface area contributed by atoms with Gasteiger partial charge in [-0.15, -0.1) is 0 Å². The Hall–Kier alpha value is -0.585. The van der Waals surface area contributed by atoms with Crippen LogP contribution in [0.25, 0.3) is 0 Å². The minimum Gasteiger partial charge on any atom is -0.394 e. The van der Waals surface area contributed by atoms with E-state index in [1.54, 1.807) is 0 Å². The molecular formula is C10H17BClNO3. The second kappa shape index (κ2) is 7.65. The summed E-state index contributed by atoms with van der Waals surface area (Å²) in [5.41, 5.74) is 5.18. The highest BCUT2D eigenvalue weighted by molar-refractivity contribution is 6.34. The fraction of sp³-hybridized carbons (Fsp3) is 0.400. The molecule has 0 unspecified atom stereocenters. The Bertz CT molecular complexity index is 261. The second-order valence-electron chi connectivity index (χ2n) is 3.63. The minimum atomic E-state index is -1.21. The van der Waals surface area contributed by atoms with Gasteiger partial charge in [0.2, 0.25) is 0 Å². The number of nitrogens with two attached hydrogens (primary N) is 1. The Morgan fingerprint density at radius 1 is 1.06 bits per heavy atom. The molecule has 0 radical (unpaired) electrons. The summed E-state index contributed by atoms with van der Waals surface area (Å²) in [7, 11) is 2.04. The Balaban J connectivity index is 0.000000281. The van der Waals surface area contributed by atoms with Gasteiger partial charge in [0.25, 0.3) is 0 Å². The highest BCUT2D eigenvalue weighted by Crippen LogP contribution is 2.02. The zero-order chi connectivity index (χ0) is 12.6. The van der Waals surface area contributed by atoms with E-state index in [0.29, 0.717) is 0 Å². The van der Waals surface area contributed by atoms with E-state index >= 15 is 0 Å². The molecule has 0 aromatic heterocycles. The Morgan fingerprint density at radius 2 is 1.44 bits per heavy atom. The van der Waals surface area contributed by atoms with Crippen LogP contribution in [0.1, 0.15) is 0 Å². The van der Waals surface area contributed by atoms with Crippen molar-refractivity contribution < 1.29 is 15.3 Å². The number of hydrogen-bond donors (Lipinski definition) is 4. The molecule has 0 spiro atoms. The Kier molecular flexibility index (Phi) is 7.37. The van der Waals surface area contributed by atoms with E-state index in [2.05, 4.69) is 0 Å². The number of benzene rings is 1. The van der Waals surface area contributed by atoms with Crippen molar-refractivity contribution in [3.63, 3.8) is 0 Å². The van der Waals surface area contributed by atoms with E-state index in [9.17, 15) is 0 Å². The van der Waals surface area contributed by atoms with Crippen molar-refractivity contribution in [2.75, 3.05) is 19.8 Å². The molecule has 1 aromatic rings. The van der Waals surface area contributed by atoms with Gasteiger partial charge in [0.05, 0.1) is 25.4 Å². The lowest BCUT2D eigenvalue weighted by atomic mass is 9.97. The lowest BCUT2D eigenvalue weighted by Crippen LogP contribution is -2.50. The van der Waals surface area contributed by atoms with Gasteiger partial charge in [-0.3, -0.25) is 0 Å². The van der Waals surface area contributed by atoms with Crippen LogP contribution in [0.3, 0.4) is 0 Å². The molecule has 16 heavy (non-hydrogen) atoms. The number of hydrogen-bond acceptors (Lipinski definition) is 4. The summed E-state index contributed by atoms with van der Waals surface area (Å²) in [6.07, 6.45) is 0. The molecule has 0 bridgehead atoms. The first kappa shape index (κ1) is 15.4. The van der Waals surface area contributed by atoms with Gasteiger partial charge < -0.3 is 21.1 Å². The topological polar surface area (TPSA) is 86.7 Å². The van der Waals surface area contributed by atoms with Crippen LogP contribution in [0.5, 0.6) is 0 Å². The van der Waals surface area contributed by atoms with Gasteiger partial charge in [-0.05, 0) is 12.1 Å². The summed E-state index contributed by atoms with van der Waals surface area (Å²) in [5, 5.41) is 25.8. The average molecular weight is 246 g/mol. The maximum atomic E-state index is 8.34. The minimum absolute atomic E-state index is 0.403. The highest BCUT2D eigenvalue weighted by atomic mass is 35.5. The predicted octanol–water partition coefficient (Wildman–Crippen LogP) is -1.74. The van der Waals surface area contributed by atoms with Crippen molar-refractivity contribution >= 4 is 24.9 Å². The summed E-state index contributed by atoms with van der Waals surface area (Å²) in [4.78, 5) is 0. The zero-order valence-corrected chi connectivity index (χ0v) is 9.98. The van der Waals surface area contributed by atoms with Crippen molar-refractivity contribution in [3.05, 3.63) is 29.3 Å². The SMILES string of the molecule is Bc1ccc(Cl)cc1.NC(CO)(CO)CO. The van der Waals surface area contributed by atoms with Crippen LogP contribution in [0.2, 0.25) is 5.02 Å². The van der Waals surface area contributed by atoms with E-state index in [4.69, 9.17) is 32.7 Å². The van der Waals surface area contributed by atoms with E-state index in [1.807, 2.05) is 32.1 Å². The third kappa shape index (κ3) is 6.10. The molecule has 0 heterocycles. The molecule has 0 atom stereocenters. The average Bonchev–Trinajstić information content (AvgIpc) is 2.33. The van der Waals surface area contributed by atoms with Crippen molar-refractivity contribution in [1.82, 2.24) is 0 Å². The van der Waals surface area contributed by atoms with Gasteiger partial charge in [0, 0.05) is 5.02 Å². The summed E-state index contributed by atoms with van der Waals surface area (Å²) >= 11 is 5.61. The molecule has 4 nitrogen and oxygen atoms in total. The van der Waals surface area contributed by atoms with Crippen molar-refractivity contribution in [2.24, 2.45) is 5.73 Å². The molecule has 0 amide bonds. The lowest BCUT2D eigenvalue weighted by Gasteiger charge is -2.20. The van der Waals surface area contributed by atoms with Gasteiger partial charge >= 0.3 is 0 Å². The Labute approximate surface area is 101 Å². The van der Waals surface area contributed by atoms with Crippen molar-refractivity contribution in [2.45, 2.75) is 5.54 Å². The molecule has 90 valence electrons. The number of aliphatic hydroxyl groups is 3. The third-order valence-electron chi connectivity index (χ3n) is 1.96. The van der Waals surface area contributed by atoms with Crippen LogP contribution < -0.4 is 11.2 Å². The lowest BCUT2D eigenvalue weighted by molar-refractivity contribution is 0.0698. The standard InChI is InChI=1S/C6H6BCl.C4H11NO3/c7-5-1-3-6(8)4-2-5;5-4(1-6,2-7)3-8/h1-4H,7H2;6-8H,1-3,5H2. The summed E-state index contributed by atoms with van der Waals surface area (Å²) in [6, 6.07) is 7.75. The van der Waals surface area contributed by atoms with Crippen LogP contribution in [-0.4, -0.2) is 48.5 Å². The smallest absolute Gasteiger partial charge is 0.139 e. The van der Waals surface area contributed by atoms with Gasteiger partial charge in [-0.2, -0.15) is 0 Å². The molecule has 6 heteroatoms. The summed E-state index contributed by atoms with van der Waals surface area (Å²) in [6.45, 7) is -1.21. The zero-order valence-electron chi connectivity index (χ0n) is 9.23.